The Bertz CT molecular complexity index is 345. The summed E-state index contributed by atoms with van der Waals surface area (Å²) in [6.07, 6.45) is 7.19. The second-order valence-corrected chi connectivity index (χ2v) is 7.52. The predicted molar refractivity (Wildman–Crippen MR) is 80.5 cm³/mol. The van der Waals surface area contributed by atoms with Gasteiger partial charge in [-0.1, -0.05) is 6.42 Å². The highest BCUT2D eigenvalue weighted by Crippen LogP contribution is 2.52. The van der Waals surface area contributed by atoms with Crippen molar-refractivity contribution in [3.63, 3.8) is 0 Å². The summed E-state index contributed by atoms with van der Waals surface area (Å²) in [7, 11) is 0. The van der Waals surface area contributed by atoms with Gasteiger partial charge >= 0.3 is 6.09 Å². The fraction of sp³-hybridized carbons (Fsp3) is 0.938. The number of carbonyl (C=O) groups excluding carboxylic acids is 1. The summed E-state index contributed by atoms with van der Waals surface area (Å²) >= 11 is 0. The van der Waals surface area contributed by atoms with Crippen LogP contribution in [-0.2, 0) is 4.74 Å². The van der Waals surface area contributed by atoms with Gasteiger partial charge in [0, 0.05) is 13.1 Å². The Hall–Kier alpha value is -0.770. The Labute approximate surface area is 123 Å². The number of rotatable bonds is 3. The zero-order valence-electron chi connectivity index (χ0n) is 13.3. The van der Waals surface area contributed by atoms with Crippen LogP contribution in [0.15, 0.2) is 0 Å². The van der Waals surface area contributed by atoms with E-state index in [2.05, 4.69) is 0 Å². The van der Waals surface area contributed by atoms with E-state index in [9.17, 15) is 4.79 Å². The van der Waals surface area contributed by atoms with Crippen LogP contribution in [0.1, 0.15) is 59.3 Å². The van der Waals surface area contributed by atoms with Gasteiger partial charge in [0.2, 0.25) is 0 Å². The van der Waals surface area contributed by atoms with Crippen molar-refractivity contribution in [2.24, 2.45) is 17.1 Å². The Morgan fingerprint density at radius 2 is 2.05 bits per heavy atom. The van der Waals surface area contributed by atoms with Gasteiger partial charge in [-0.2, -0.15) is 0 Å². The molecule has 1 atom stereocenters. The van der Waals surface area contributed by atoms with Crippen molar-refractivity contribution in [1.82, 2.24) is 4.90 Å². The largest absolute Gasteiger partial charge is 0.444 e. The molecule has 0 aromatic heterocycles. The van der Waals surface area contributed by atoms with Crippen molar-refractivity contribution >= 4 is 6.09 Å². The van der Waals surface area contributed by atoms with Crippen LogP contribution in [0.4, 0.5) is 4.79 Å². The monoisotopic (exact) mass is 282 g/mol. The van der Waals surface area contributed by atoms with E-state index in [1.807, 2.05) is 25.7 Å². The van der Waals surface area contributed by atoms with Gasteiger partial charge in [-0.05, 0) is 70.8 Å². The topological polar surface area (TPSA) is 55.6 Å². The molecule has 20 heavy (non-hydrogen) atoms. The summed E-state index contributed by atoms with van der Waals surface area (Å²) in [5.41, 5.74) is 5.81. The van der Waals surface area contributed by atoms with Crippen LogP contribution in [-0.4, -0.2) is 36.2 Å². The average molecular weight is 282 g/mol. The second-order valence-electron chi connectivity index (χ2n) is 7.52. The Kier molecular flexibility index (Phi) is 4.62. The Morgan fingerprint density at radius 3 is 2.55 bits per heavy atom. The fourth-order valence-corrected chi connectivity index (χ4v) is 3.75. The average Bonchev–Trinajstić information content (AvgIpc) is 2.32. The van der Waals surface area contributed by atoms with E-state index in [4.69, 9.17) is 10.5 Å². The zero-order chi connectivity index (χ0) is 14.8. The summed E-state index contributed by atoms with van der Waals surface area (Å²) in [5.74, 6) is 0.612. The first-order chi connectivity index (χ1) is 9.36. The Balaban J connectivity index is 1.96. The lowest BCUT2D eigenvalue weighted by molar-refractivity contribution is -0.0220. The molecule has 1 saturated heterocycles. The smallest absolute Gasteiger partial charge is 0.410 e. The summed E-state index contributed by atoms with van der Waals surface area (Å²) in [6, 6.07) is 0. The maximum Gasteiger partial charge on any atom is 0.410 e. The number of carbonyl (C=O) groups is 1. The number of nitrogens with two attached hydrogens (primary N) is 1. The van der Waals surface area contributed by atoms with E-state index >= 15 is 0 Å². The minimum atomic E-state index is -0.407. The molecule has 1 aliphatic heterocycles. The molecule has 2 aliphatic rings. The van der Waals surface area contributed by atoms with Crippen LogP contribution >= 0.6 is 0 Å². The molecule has 116 valence electrons. The summed E-state index contributed by atoms with van der Waals surface area (Å²) in [6.45, 7) is 8.23. The number of amides is 1. The molecule has 4 nitrogen and oxygen atoms in total. The highest BCUT2D eigenvalue weighted by Gasteiger charge is 2.45. The van der Waals surface area contributed by atoms with E-state index < -0.39 is 5.60 Å². The molecule has 2 rings (SSSR count). The Morgan fingerprint density at radius 1 is 1.35 bits per heavy atom. The van der Waals surface area contributed by atoms with Gasteiger partial charge in [0.25, 0.3) is 0 Å². The summed E-state index contributed by atoms with van der Waals surface area (Å²) in [5, 5.41) is 0. The van der Waals surface area contributed by atoms with Gasteiger partial charge in [0.05, 0.1) is 0 Å². The molecule has 1 amide bonds. The molecular formula is C16H30N2O2. The van der Waals surface area contributed by atoms with E-state index in [0.717, 1.165) is 32.5 Å². The van der Waals surface area contributed by atoms with E-state index in [1.165, 1.54) is 25.7 Å². The van der Waals surface area contributed by atoms with Crippen LogP contribution in [0.25, 0.3) is 0 Å². The first-order valence-electron chi connectivity index (χ1n) is 8.04. The third-order valence-electron chi connectivity index (χ3n) is 4.93. The first-order valence-corrected chi connectivity index (χ1v) is 8.04. The minimum absolute atomic E-state index is 0.149. The van der Waals surface area contributed by atoms with Crippen molar-refractivity contribution in [2.75, 3.05) is 19.6 Å². The van der Waals surface area contributed by atoms with Crippen molar-refractivity contribution in [3.8, 4) is 0 Å². The molecule has 1 aliphatic carbocycles. The molecule has 0 aromatic rings. The van der Waals surface area contributed by atoms with Gasteiger partial charge in [0.1, 0.15) is 5.60 Å². The maximum absolute atomic E-state index is 12.2. The van der Waals surface area contributed by atoms with Crippen molar-refractivity contribution in [1.29, 1.82) is 0 Å². The van der Waals surface area contributed by atoms with Gasteiger partial charge in [-0.15, -0.1) is 0 Å². The first kappa shape index (κ1) is 15.6. The normalized spacial score (nSPS) is 26.0. The quantitative estimate of drug-likeness (QED) is 0.865. The molecule has 2 N–H and O–H groups in total. The maximum atomic E-state index is 12.2. The van der Waals surface area contributed by atoms with Crippen LogP contribution in [0, 0.1) is 11.3 Å². The fourth-order valence-electron chi connectivity index (χ4n) is 3.75. The van der Waals surface area contributed by atoms with Crippen molar-refractivity contribution in [3.05, 3.63) is 0 Å². The zero-order valence-corrected chi connectivity index (χ0v) is 13.3. The molecule has 2 fully saturated rings. The van der Waals surface area contributed by atoms with Gasteiger partial charge in [0.15, 0.2) is 0 Å². The molecule has 0 radical (unpaired) electrons. The van der Waals surface area contributed by atoms with E-state index in [0.29, 0.717) is 11.3 Å². The number of hydrogen-bond acceptors (Lipinski definition) is 3. The van der Waals surface area contributed by atoms with Crippen LogP contribution in [0.2, 0.25) is 0 Å². The van der Waals surface area contributed by atoms with Crippen LogP contribution in [0.5, 0.6) is 0 Å². The van der Waals surface area contributed by atoms with Gasteiger partial charge in [-0.3, -0.25) is 0 Å². The van der Waals surface area contributed by atoms with Crippen molar-refractivity contribution in [2.45, 2.75) is 64.9 Å². The third-order valence-corrected chi connectivity index (χ3v) is 4.93. The molecule has 1 heterocycles. The van der Waals surface area contributed by atoms with E-state index in [1.54, 1.807) is 0 Å². The molecule has 0 bridgehead atoms. The van der Waals surface area contributed by atoms with Crippen LogP contribution < -0.4 is 5.73 Å². The van der Waals surface area contributed by atoms with E-state index in [-0.39, 0.29) is 6.09 Å². The molecule has 1 unspecified atom stereocenters. The predicted octanol–water partition coefficient (Wildman–Crippen LogP) is 3.15. The molecule has 1 saturated carbocycles. The number of ether oxygens (including phenoxy) is 1. The molecule has 0 aromatic carbocycles. The highest BCUT2D eigenvalue weighted by molar-refractivity contribution is 5.68. The van der Waals surface area contributed by atoms with Crippen LogP contribution in [0.3, 0.4) is 0 Å². The molecule has 4 heteroatoms. The SMILES string of the molecule is CC(C)(C)OC(=O)N1CCCC(C2(CCN)CCC2)C1. The van der Waals surface area contributed by atoms with Crippen molar-refractivity contribution < 1.29 is 9.53 Å². The second kappa shape index (κ2) is 5.92. The highest BCUT2D eigenvalue weighted by atomic mass is 16.6. The number of likely N-dealkylation sites (tertiary alicyclic amines) is 1. The molecular weight excluding hydrogens is 252 g/mol. The lowest BCUT2D eigenvalue weighted by Gasteiger charge is -2.51. The number of nitrogens with zero attached hydrogens (tertiary/aromatic N) is 1. The number of piperidine rings is 1. The van der Waals surface area contributed by atoms with Gasteiger partial charge < -0.3 is 15.4 Å². The summed E-state index contributed by atoms with van der Waals surface area (Å²) < 4.78 is 5.51. The third kappa shape index (κ3) is 3.46. The lowest BCUT2D eigenvalue weighted by Crippen LogP contribution is -2.50. The minimum Gasteiger partial charge on any atom is -0.444 e. The van der Waals surface area contributed by atoms with Gasteiger partial charge in [-0.25, -0.2) is 4.79 Å². The number of hydrogen-bond donors (Lipinski definition) is 1. The molecule has 0 spiro atoms. The summed E-state index contributed by atoms with van der Waals surface area (Å²) in [4.78, 5) is 14.1. The standard InChI is InChI=1S/C16H30N2O2/c1-15(2,3)20-14(19)18-11-4-6-13(12-18)16(9-10-17)7-5-8-16/h13H,4-12,17H2,1-3H3. The lowest BCUT2D eigenvalue weighted by atomic mass is 9.57.